The molecule has 0 aliphatic heterocycles. The second kappa shape index (κ2) is 14.8. The highest BCUT2D eigenvalue weighted by Crippen LogP contribution is 2.20. The fourth-order valence-electron chi connectivity index (χ4n) is 2.08. The Labute approximate surface area is 186 Å². The zero-order valence-electron chi connectivity index (χ0n) is 17.8. The fraction of sp³-hybridized carbons (Fsp3) is 0.400. The fourth-order valence-corrected chi connectivity index (χ4v) is 3.14. The molecule has 0 saturated heterocycles. The second-order valence-electron chi connectivity index (χ2n) is 6.08. The maximum atomic E-state index is 12.1. The van der Waals surface area contributed by atoms with Gasteiger partial charge in [-0.25, -0.2) is 9.59 Å². The van der Waals surface area contributed by atoms with E-state index in [0.717, 1.165) is 31.4 Å². The molecule has 1 rings (SSSR count). The number of hydrogen-bond donors (Lipinski definition) is 1. The number of nitro groups is 1. The van der Waals surface area contributed by atoms with Crippen molar-refractivity contribution in [2.24, 2.45) is 0 Å². The number of aliphatic hydroxyl groups excluding tert-OH is 1. The van der Waals surface area contributed by atoms with Crippen LogP contribution in [-0.4, -0.2) is 56.8 Å². The highest BCUT2D eigenvalue weighted by atomic mass is 32.2. The van der Waals surface area contributed by atoms with Gasteiger partial charge in [-0.1, -0.05) is 12.2 Å². The summed E-state index contributed by atoms with van der Waals surface area (Å²) in [6.45, 7) is 6.93. The van der Waals surface area contributed by atoms with Crippen LogP contribution in [0.5, 0.6) is 0 Å². The van der Waals surface area contributed by atoms with E-state index >= 15 is 0 Å². The van der Waals surface area contributed by atoms with E-state index < -0.39 is 39.2 Å². The van der Waals surface area contributed by atoms with Crippen LogP contribution >= 0.6 is 0 Å². The Kier molecular flexibility index (Phi) is 13.4. The van der Waals surface area contributed by atoms with E-state index in [1.54, 1.807) is 6.08 Å². The first-order valence-corrected chi connectivity index (χ1v) is 10.7. The van der Waals surface area contributed by atoms with Crippen molar-refractivity contribution in [3.05, 3.63) is 59.7 Å². The smallest absolute Gasteiger partial charge is 0.336 e. The van der Waals surface area contributed by atoms with Crippen LogP contribution in [0.4, 0.5) is 5.69 Å². The predicted octanol–water partition coefficient (Wildman–Crippen LogP) is 2.29. The summed E-state index contributed by atoms with van der Waals surface area (Å²) in [7, 11) is -1.88. The minimum Gasteiger partial charge on any atom is -0.467 e. The monoisotopic (exact) mass is 473 g/mol. The van der Waals surface area contributed by atoms with Crippen LogP contribution in [0.25, 0.3) is 0 Å². The van der Waals surface area contributed by atoms with Crippen molar-refractivity contribution in [2.45, 2.75) is 42.8 Å². The minimum atomic E-state index is -4.25. The Bertz CT molecular complexity index is 880. The molecule has 0 aliphatic carbocycles. The van der Waals surface area contributed by atoms with Crippen molar-refractivity contribution in [3.8, 4) is 0 Å². The first-order valence-electron chi connectivity index (χ1n) is 9.27. The number of carbonyl (C=O) groups excluding carboxylic acids is 2. The van der Waals surface area contributed by atoms with Crippen LogP contribution in [-0.2, 0) is 33.4 Å². The average molecular weight is 474 g/mol. The van der Waals surface area contributed by atoms with Gasteiger partial charge in [0.1, 0.15) is 0 Å². The van der Waals surface area contributed by atoms with Crippen LogP contribution in [0.15, 0.2) is 54.5 Å². The molecule has 12 heteroatoms. The maximum absolute atomic E-state index is 12.1. The molecule has 1 aromatic rings. The summed E-state index contributed by atoms with van der Waals surface area (Å²) in [6.07, 6.45) is 2.31. The highest BCUT2D eigenvalue weighted by molar-refractivity contribution is 7.86. The molecule has 0 radical (unpaired) electrons. The van der Waals surface area contributed by atoms with Crippen molar-refractivity contribution in [3.63, 3.8) is 0 Å². The molecule has 0 heterocycles. The lowest BCUT2D eigenvalue weighted by Gasteiger charge is -2.14. The number of methoxy groups -OCH3 is 2. The van der Waals surface area contributed by atoms with E-state index in [-0.39, 0.29) is 17.0 Å². The number of rotatable bonds is 12. The van der Waals surface area contributed by atoms with Gasteiger partial charge < -0.3 is 14.6 Å². The van der Waals surface area contributed by atoms with Gasteiger partial charge in [0.15, 0.2) is 12.2 Å². The Morgan fingerprint density at radius 3 is 2.00 bits per heavy atom. The van der Waals surface area contributed by atoms with Gasteiger partial charge in [-0.05, 0) is 37.8 Å². The molecule has 0 saturated carbocycles. The molecule has 0 fully saturated rings. The lowest BCUT2D eigenvalue weighted by molar-refractivity contribution is -0.384. The van der Waals surface area contributed by atoms with E-state index in [2.05, 4.69) is 22.6 Å². The molecule has 0 amide bonds. The molecule has 1 aromatic carbocycles. The third-order valence-electron chi connectivity index (χ3n) is 3.79. The second-order valence-corrected chi connectivity index (χ2v) is 7.66. The first kappa shape index (κ1) is 28.9. The van der Waals surface area contributed by atoms with Crippen LogP contribution in [0.2, 0.25) is 0 Å². The summed E-state index contributed by atoms with van der Waals surface area (Å²) in [6, 6.07) is 4.14. The third-order valence-corrected chi connectivity index (χ3v) is 5.13. The summed E-state index contributed by atoms with van der Waals surface area (Å²) >= 11 is 0. The summed E-state index contributed by atoms with van der Waals surface area (Å²) in [5.41, 5.74) is -0.255. The van der Waals surface area contributed by atoms with Crippen molar-refractivity contribution in [2.75, 3.05) is 14.2 Å². The lowest BCUT2D eigenvalue weighted by Crippen LogP contribution is -2.28. The van der Waals surface area contributed by atoms with Gasteiger partial charge in [-0.2, -0.15) is 8.42 Å². The van der Waals surface area contributed by atoms with Crippen molar-refractivity contribution in [1.29, 1.82) is 0 Å². The van der Waals surface area contributed by atoms with Gasteiger partial charge >= 0.3 is 11.9 Å². The molecule has 0 aromatic heterocycles. The number of aliphatic hydroxyl groups is 1. The molecule has 0 unspecified atom stereocenters. The van der Waals surface area contributed by atoms with Gasteiger partial charge in [0.05, 0.1) is 24.0 Å². The van der Waals surface area contributed by atoms with E-state index in [1.807, 2.05) is 0 Å². The van der Waals surface area contributed by atoms with E-state index in [4.69, 9.17) is 9.29 Å². The zero-order valence-corrected chi connectivity index (χ0v) is 18.7. The quantitative estimate of drug-likeness (QED) is 0.157. The highest BCUT2D eigenvalue weighted by Gasteiger charge is 2.28. The third kappa shape index (κ3) is 10.3. The first-order chi connectivity index (χ1) is 15.0. The average Bonchev–Trinajstić information content (AvgIpc) is 2.79. The van der Waals surface area contributed by atoms with Gasteiger partial charge in [0.2, 0.25) is 0 Å². The number of benzene rings is 1. The van der Waals surface area contributed by atoms with Gasteiger partial charge in [-0.15, -0.1) is 13.2 Å². The Balaban J connectivity index is 0.000000809. The molecule has 1 N–H and O–H groups in total. The van der Waals surface area contributed by atoms with Crippen LogP contribution in [0, 0.1) is 10.1 Å². The van der Waals surface area contributed by atoms with E-state index in [0.29, 0.717) is 19.3 Å². The Morgan fingerprint density at radius 2 is 1.56 bits per heavy atom. The molecule has 0 spiro atoms. The van der Waals surface area contributed by atoms with Gasteiger partial charge in [0, 0.05) is 12.1 Å². The normalized spacial score (nSPS) is 12.3. The zero-order chi connectivity index (χ0) is 24.7. The topological polar surface area (TPSA) is 159 Å². The van der Waals surface area contributed by atoms with Crippen LogP contribution in [0.3, 0.4) is 0 Å². The Morgan fingerprint density at radius 1 is 1.06 bits per heavy atom. The van der Waals surface area contributed by atoms with Crippen molar-refractivity contribution in [1.82, 2.24) is 0 Å². The number of carbonyl (C=O) groups is 2. The largest absolute Gasteiger partial charge is 0.467 e. The molecule has 178 valence electrons. The number of allylic oxidation sites excluding steroid dienone is 2. The summed E-state index contributed by atoms with van der Waals surface area (Å²) in [5.74, 6) is -1.41. The number of nitrogens with zero attached hydrogens (tertiary/aromatic N) is 1. The Hall–Kier alpha value is -3.09. The summed E-state index contributed by atoms with van der Waals surface area (Å²) in [4.78, 5) is 31.6. The molecule has 11 nitrogen and oxygen atoms in total. The number of ether oxygens (including phenoxy) is 2. The van der Waals surface area contributed by atoms with Crippen LogP contribution < -0.4 is 0 Å². The molecule has 32 heavy (non-hydrogen) atoms. The number of non-ortho nitro benzene ring substituents is 1. The van der Waals surface area contributed by atoms with E-state index in [9.17, 15) is 28.1 Å². The lowest BCUT2D eigenvalue weighted by atomic mass is 10.2. The number of esters is 2. The predicted molar refractivity (Wildman–Crippen MR) is 114 cm³/mol. The van der Waals surface area contributed by atoms with Crippen molar-refractivity contribution >= 4 is 27.7 Å². The standard InChI is InChI=1S/C13H15NO7S.C7H12O3/c1-3-4-5-12(13(15)20-2)21-22(18,19)11-8-6-10(7-9-11)14(16)17;1-3-4-5-6(8)7(9)10-2/h3,6-9,12H,1,4-5H2,2H3;3,6,8H,1,4-5H2,2H3/t12-;6-/m11/s1. The SMILES string of the molecule is C=CCC[C@@H](O)C(=O)OC.C=CCC[C@@H](OS(=O)(=O)c1ccc([N+](=O)[O-])cc1)C(=O)OC. The summed E-state index contributed by atoms with van der Waals surface area (Å²) in [5, 5.41) is 19.5. The maximum Gasteiger partial charge on any atom is 0.336 e. The molecule has 2 atom stereocenters. The molecule has 0 bridgehead atoms. The minimum absolute atomic E-state index is 0.0857. The van der Waals surface area contributed by atoms with Crippen molar-refractivity contribution < 1.29 is 41.7 Å². The molecule has 0 aliphatic rings. The van der Waals surface area contributed by atoms with Gasteiger partial charge in [0.25, 0.3) is 15.8 Å². The summed E-state index contributed by atoms with van der Waals surface area (Å²) < 4.78 is 37.8. The van der Waals surface area contributed by atoms with Crippen LogP contribution in [0.1, 0.15) is 25.7 Å². The number of hydrogen-bond acceptors (Lipinski definition) is 10. The van der Waals surface area contributed by atoms with E-state index in [1.165, 1.54) is 13.2 Å². The number of nitro benzene ring substituents is 1. The van der Waals surface area contributed by atoms with Gasteiger partial charge in [-0.3, -0.25) is 14.3 Å². The molecular weight excluding hydrogens is 446 g/mol. The molecular formula is C20H27NO10S.